The zero-order valence-electron chi connectivity index (χ0n) is 25.6. The Morgan fingerprint density at radius 1 is 0.571 bits per heavy atom. The van der Waals surface area contributed by atoms with Crippen molar-refractivity contribution in [1.82, 2.24) is 9.80 Å². The van der Waals surface area contributed by atoms with Gasteiger partial charge in [0.05, 0.1) is 0 Å². The lowest BCUT2D eigenvalue weighted by Gasteiger charge is -2.24. The van der Waals surface area contributed by atoms with Gasteiger partial charge >= 0.3 is 0 Å². The van der Waals surface area contributed by atoms with Gasteiger partial charge in [-0.25, -0.2) is 0 Å². The quantitative estimate of drug-likeness (QED) is 0.218. The lowest BCUT2D eigenvalue weighted by atomic mass is 9.88. The highest BCUT2D eigenvalue weighted by Gasteiger charge is 2.22. The Balaban J connectivity index is 1.32. The number of likely N-dealkylation sites (N-methyl/N-ethyl adjacent to an activating group) is 1. The van der Waals surface area contributed by atoms with Crippen LogP contribution < -0.4 is 0 Å². The van der Waals surface area contributed by atoms with Crippen LogP contribution in [-0.2, 0) is 25.7 Å². The zero-order valence-corrected chi connectivity index (χ0v) is 25.6. The van der Waals surface area contributed by atoms with Crippen LogP contribution in [0.25, 0.3) is 11.1 Å². The third-order valence-corrected chi connectivity index (χ3v) is 9.05. The Kier molecular flexibility index (Phi) is 8.84. The predicted molar refractivity (Wildman–Crippen MR) is 179 cm³/mol. The molecule has 2 aliphatic rings. The van der Waals surface area contributed by atoms with Crippen LogP contribution >= 0.6 is 0 Å². The number of nitrogens with zero attached hydrogens (tertiary/aromatic N) is 2. The fourth-order valence-corrected chi connectivity index (χ4v) is 6.87. The van der Waals surface area contributed by atoms with Crippen molar-refractivity contribution < 1.29 is 0 Å². The van der Waals surface area contributed by atoms with E-state index in [0.29, 0.717) is 0 Å². The molecule has 0 amide bonds. The van der Waals surface area contributed by atoms with Gasteiger partial charge in [0.1, 0.15) is 0 Å². The minimum Gasteiger partial charge on any atom is -0.309 e. The average Bonchev–Trinajstić information content (AvgIpc) is 3.28. The third kappa shape index (κ3) is 6.21. The molecule has 4 aromatic carbocycles. The summed E-state index contributed by atoms with van der Waals surface area (Å²) in [6, 6.07) is 36.2. The summed E-state index contributed by atoms with van der Waals surface area (Å²) in [4.78, 5) is 4.86. The van der Waals surface area contributed by atoms with E-state index in [4.69, 9.17) is 0 Å². The summed E-state index contributed by atoms with van der Waals surface area (Å²) in [5, 5.41) is 0. The highest BCUT2D eigenvalue weighted by Crippen LogP contribution is 2.37. The Hall–Kier alpha value is -3.72. The summed E-state index contributed by atoms with van der Waals surface area (Å²) in [6.45, 7) is 3.05. The van der Waals surface area contributed by atoms with Crippen LogP contribution in [0.4, 0.5) is 0 Å². The molecule has 6 rings (SSSR count). The molecule has 0 saturated carbocycles. The first-order valence-electron chi connectivity index (χ1n) is 15.7. The lowest BCUT2D eigenvalue weighted by molar-refractivity contribution is 0.355. The summed E-state index contributed by atoms with van der Waals surface area (Å²) in [5.74, 6) is 0. The molecule has 0 bridgehead atoms. The Morgan fingerprint density at radius 2 is 1.00 bits per heavy atom. The summed E-state index contributed by atoms with van der Waals surface area (Å²) < 4.78 is 0. The first-order valence-corrected chi connectivity index (χ1v) is 15.7. The number of benzene rings is 4. The van der Waals surface area contributed by atoms with Crippen LogP contribution in [0.5, 0.6) is 0 Å². The summed E-state index contributed by atoms with van der Waals surface area (Å²) in [7, 11) is 6.68. The Labute approximate surface area is 253 Å². The van der Waals surface area contributed by atoms with Gasteiger partial charge < -0.3 is 9.80 Å². The Morgan fingerprint density at radius 3 is 1.48 bits per heavy atom. The summed E-state index contributed by atoms with van der Waals surface area (Å²) >= 11 is 0. The predicted octanol–water partition coefficient (Wildman–Crippen LogP) is 8.09. The average molecular weight is 553 g/mol. The van der Waals surface area contributed by atoms with Crippen LogP contribution in [0.2, 0.25) is 0 Å². The molecule has 0 aromatic heterocycles. The molecular weight excluding hydrogens is 508 g/mol. The molecule has 2 heteroatoms. The minimum atomic E-state index is 0.974. The second-order valence-corrected chi connectivity index (χ2v) is 12.3. The number of hydrogen-bond donors (Lipinski definition) is 0. The SMILES string of the molecule is CN(C)CCC(CN(C)CCC=C1c2ccccc2CCc2ccccc21)=C1c2ccccc2CCc2ccccc21. The zero-order chi connectivity index (χ0) is 28.9. The largest absolute Gasteiger partial charge is 0.309 e. The lowest BCUT2D eigenvalue weighted by Crippen LogP contribution is -2.25. The molecule has 0 unspecified atom stereocenters. The topological polar surface area (TPSA) is 6.48 Å². The van der Waals surface area contributed by atoms with Crippen molar-refractivity contribution in [3.8, 4) is 0 Å². The van der Waals surface area contributed by atoms with Crippen molar-refractivity contribution in [2.24, 2.45) is 0 Å². The van der Waals surface area contributed by atoms with Crippen LogP contribution in [0.3, 0.4) is 0 Å². The van der Waals surface area contributed by atoms with Gasteiger partial charge in [0.2, 0.25) is 0 Å². The van der Waals surface area contributed by atoms with Crippen molar-refractivity contribution in [3.05, 3.63) is 153 Å². The van der Waals surface area contributed by atoms with E-state index in [0.717, 1.165) is 58.2 Å². The van der Waals surface area contributed by atoms with Gasteiger partial charge in [0.25, 0.3) is 0 Å². The van der Waals surface area contributed by atoms with Crippen LogP contribution in [0.1, 0.15) is 57.3 Å². The maximum absolute atomic E-state index is 2.54. The molecule has 0 spiro atoms. The van der Waals surface area contributed by atoms with Gasteiger partial charge in [-0.15, -0.1) is 0 Å². The molecule has 0 atom stereocenters. The molecule has 0 aliphatic heterocycles. The smallest absolute Gasteiger partial charge is 0.0199 e. The number of hydrogen-bond acceptors (Lipinski definition) is 2. The first kappa shape index (κ1) is 28.4. The molecule has 0 saturated heterocycles. The minimum absolute atomic E-state index is 0.974. The van der Waals surface area contributed by atoms with Gasteiger partial charge in [0.15, 0.2) is 0 Å². The van der Waals surface area contributed by atoms with Crippen molar-refractivity contribution in [1.29, 1.82) is 0 Å². The number of fused-ring (bicyclic) bond motifs is 4. The van der Waals surface area contributed by atoms with Gasteiger partial charge in [-0.3, -0.25) is 0 Å². The first-order chi connectivity index (χ1) is 20.6. The van der Waals surface area contributed by atoms with E-state index >= 15 is 0 Å². The molecule has 0 fully saturated rings. The van der Waals surface area contributed by atoms with E-state index in [9.17, 15) is 0 Å². The van der Waals surface area contributed by atoms with E-state index in [-0.39, 0.29) is 0 Å². The van der Waals surface area contributed by atoms with E-state index in [1.54, 1.807) is 5.57 Å². The van der Waals surface area contributed by atoms with Gasteiger partial charge in [-0.05, 0) is 121 Å². The normalized spacial score (nSPS) is 14.0. The van der Waals surface area contributed by atoms with Crippen LogP contribution in [0, 0.1) is 0 Å². The molecule has 0 radical (unpaired) electrons. The van der Waals surface area contributed by atoms with E-state index in [1.807, 2.05) is 0 Å². The maximum Gasteiger partial charge on any atom is 0.0199 e. The second-order valence-electron chi connectivity index (χ2n) is 12.3. The summed E-state index contributed by atoms with van der Waals surface area (Å²) in [6.07, 6.45) is 9.01. The standard InChI is InChI=1S/C40H44N2/c1-41(2)28-26-34(40-37-19-10-6-15-32(37)24-25-33-16-7-11-20-38(33)40)29-42(3)27-12-21-39-35-17-8-4-13-30(35)22-23-31-14-5-9-18-36(31)39/h4-11,13-21H,12,22-29H2,1-3H3. The van der Waals surface area contributed by atoms with Crippen molar-refractivity contribution in [2.45, 2.75) is 38.5 Å². The second kappa shape index (κ2) is 13.1. The molecule has 2 aliphatic carbocycles. The Bertz CT molecular complexity index is 1510. The monoisotopic (exact) mass is 552 g/mol. The van der Waals surface area contributed by atoms with Gasteiger partial charge in [0, 0.05) is 19.6 Å². The fourth-order valence-electron chi connectivity index (χ4n) is 6.87. The van der Waals surface area contributed by atoms with E-state index in [1.165, 1.54) is 55.7 Å². The van der Waals surface area contributed by atoms with Crippen LogP contribution in [-0.4, -0.2) is 50.6 Å². The molecule has 2 nitrogen and oxygen atoms in total. The molecule has 4 aromatic rings. The van der Waals surface area contributed by atoms with Crippen molar-refractivity contribution >= 4 is 11.1 Å². The van der Waals surface area contributed by atoms with Gasteiger partial charge in [-0.2, -0.15) is 0 Å². The van der Waals surface area contributed by atoms with Crippen molar-refractivity contribution in [2.75, 3.05) is 40.8 Å². The van der Waals surface area contributed by atoms with Crippen LogP contribution in [0.15, 0.2) is 109 Å². The van der Waals surface area contributed by atoms with Crippen molar-refractivity contribution in [3.63, 3.8) is 0 Å². The number of rotatable bonds is 8. The fraction of sp³-hybridized carbons (Fsp3) is 0.300. The van der Waals surface area contributed by atoms with E-state index in [2.05, 4.69) is 134 Å². The molecular formula is C40H44N2. The molecule has 42 heavy (non-hydrogen) atoms. The highest BCUT2D eigenvalue weighted by molar-refractivity contribution is 5.86. The summed E-state index contributed by atoms with van der Waals surface area (Å²) in [5.41, 5.74) is 16.0. The molecule has 0 N–H and O–H groups in total. The highest BCUT2D eigenvalue weighted by atomic mass is 15.1. The molecule has 214 valence electrons. The molecule has 0 heterocycles. The maximum atomic E-state index is 2.54. The third-order valence-electron chi connectivity index (χ3n) is 9.05. The number of aryl methyl sites for hydroxylation is 4. The van der Waals surface area contributed by atoms with Gasteiger partial charge in [-0.1, -0.05) is 103 Å². The van der Waals surface area contributed by atoms with E-state index < -0.39 is 0 Å².